The lowest BCUT2D eigenvalue weighted by Gasteiger charge is -2.14. The summed E-state index contributed by atoms with van der Waals surface area (Å²) in [7, 11) is -3.56. The van der Waals surface area contributed by atoms with Gasteiger partial charge in [-0.05, 0) is 19.1 Å². The highest BCUT2D eigenvalue weighted by atomic mass is 32.2. The van der Waals surface area contributed by atoms with Gasteiger partial charge in [-0.2, -0.15) is 0 Å². The van der Waals surface area contributed by atoms with Gasteiger partial charge in [0.2, 0.25) is 0 Å². The van der Waals surface area contributed by atoms with Crippen molar-refractivity contribution in [2.75, 3.05) is 12.8 Å². The van der Waals surface area contributed by atoms with E-state index in [1.807, 2.05) is 0 Å². The van der Waals surface area contributed by atoms with Crippen LogP contribution in [0.25, 0.3) is 0 Å². The van der Waals surface area contributed by atoms with Crippen molar-refractivity contribution in [1.82, 2.24) is 5.32 Å². The highest BCUT2D eigenvalue weighted by Gasteiger charge is 2.23. The van der Waals surface area contributed by atoms with Crippen molar-refractivity contribution in [2.24, 2.45) is 0 Å². The predicted octanol–water partition coefficient (Wildman–Crippen LogP) is 0.938. The molecule has 0 spiro atoms. The highest BCUT2D eigenvalue weighted by Crippen LogP contribution is 2.17. The van der Waals surface area contributed by atoms with Gasteiger partial charge in [0.25, 0.3) is 5.91 Å². The molecule has 6 nitrogen and oxygen atoms in total. The molecule has 0 fully saturated rings. The van der Waals surface area contributed by atoms with Crippen molar-refractivity contribution in [2.45, 2.75) is 17.9 Å². The van der Waals surface area contributed by atoms with Crippen LogP contribution in [0.15, 0.2) is 41.8 Å². The number of hydrogen-bond donors (Lipinski definition) is 1. The van der Waals surface area contributed by atoms with Gasteiger partial charge >= 0.3 is 5.97 Å². The zero-order valence-corrected chi connectivity index (χ0v) is 12.6. The highest BCUT2D eigenvalue weighted by molar-refractivity contribution is 7.90. The Kier molecular flexibility index (Phi) is 5.66. The van der Waals surface area contributed by atoms with Crippen molar-refractivity contribution in [1.29, 1.82) is 0 Å². The largest absolute Gasteiger partial charge is 0.449 e. The summed E-state index contributed by atoms with van der Waals surface area (Å²) in [6.45, 7) is 5.10. The molecule has 1 atom stereocenters. The van der Waals surface area contributed by atoms with Crippen LogP contribution in [-0.2, 0) is 19.4 Å². The van der Waals surface area contributed by atoms with Crippen molar-refractivity contribution in [3.63, 3.8) is 0 Å². The number of ether oxygens (including phenoxy) is 1. The van der Waals surface area contributed by atoms with E-state index in [0.29, 0.717) is 0 Å². The van der Waals surface area contributed by atoms with Crippen LogP contribution in [0.5, 0.6) is 0 Å². The molecule has 7 heteroatoms. The molecule has 0 heterocycles. The summed E-state index contributed by atoms with van der Waals surface area (Å²) in [5.74, 6) is -1.35. The van der Waals surface area contributed by atoms with E-state index in [2.05, 4.69) is 11.9 Å². The van der Waals surface area contributed by atoms with Crippen molar-refractivity contribution < 1.29 is 22.7 Å². The fraction of sp³-hybridized carbons (Fsp3) is 0.286. The lowest BCUT2D eigenvalue weighted by Crippen LogP contribution is -2.36. The average Bonchev–Trinajstić information content (AvgIpc) is 2.43. The molecule has 0 unspecified atom stereocenters. The van der Waals surface area contributed by atoms with Crippen LogP contribution in [0.2, 0.25) is 0 Å². The molecule has 1 rings (SSSR count). The van der Waals surface area contributed by atoms with E-state index in [1.165, 1.54) is 37.3 Å². The molecule has 0 aliphatic heterocycles. The topological polar surface area (TPSA) is 89.5 Å². The molecule has 0 saturated carbocycles. The fourth-order valence-electron chi connectivity index (χ4n) is 1.55. The minimum Gasteiger partial charge on any atom is -0.449 e. The van der Waals surface area contributed by atoms with Crippen molar-refractivity contribution in [3.05, 3.63) is 42.5 Å². The first-order valence-corrected chi connectivity index (χ1v) is 8.05. The normalized spacial score (nSPS) is 12.3. The maximum Gasteiger partial charge on any atom is 0.340 e. The standard InChI is InChI=1S/C14H17NO5S/c1-4-9-15-13(16)10(2)20-14(17)11-7-5-6-8-12(11)21(3,18)19/h4-8,10H,1,9H2,2-3H3,(H,15,16)/t10-/m0/s1. The molecule has 0 aliphatic rings. The molecule has 1 N–H and O–H groups in total. The zero-order valence-electron chi connectivity index (χ0n) is 11.8. The van der Waals surface area contributed by atoms with Gasteiger partial charge in [-0.15, -0.1) is 6.58 Å². The molecule has 1 aromatic rings. The number of sulfone groups is 1. The lowest BCUT2D eigenvalue weighted by atomic mass is 10.2. The maximum atomic E-state index is 12.0. The Hall–Kier alpha value is -2.15. The first kappa shape index (κ1) is 16.9. The summed E-state index contributed by atoms with van der Waals surface area (Å²) in [5.41, 5.74) is -0.0941. The predicted molar refractivity (Wildman–Crippen MR) is 77.6 cm³/mol. The second kappa shape index (κ2) is 7.03. The minimum atomic E-state index is -3.56. The second-order valence-corrected chi connectivity index (χ2v) is 6.33. The monoisotopic (exact) mass is 311 g/mol. The summed E-state index contributed by atoms with van der Waals surface area (Å²) < 4.78 is 28.2. The molecule has 0 aromatic heterocycles. The Morgan fingerprint density at radius 2 is 2.00 bits per heavy atom. The molecule has 1 aromatic carbocycles. The maximum absolute atomic E-state index is 12.0. The van der Waals surface area contributed by atoms with Crippen molar-refractivity contribution in [3.8, 4) is 0 Å². The van der Waals surface area contributed by atoms with Gasteiger partial charge in [0.1, 0.15) is 0 Å². The number of carbonyl (C=O) groups excluding carboxylic acids is 2. The molecule has 0 saturated heterocycles. The molecule has 0 aliphatic carbocycles. The average molecular weight is 311 g/mol. The summed E-state index contributed by atoms with van der Waals surface area (Å²) in [5, 5.41) is 2.48. The quantitative estimate of drug-likeness (QED) is 0.624. The fourth-order valence-corrected chi connectivity index (χ4v) is 2.43. The van der Waals surface area contributed by atoms with Crippen LogP contribution in [0.4, 0.5) is 0 Å². The molecular formula is C14H17NO5S. The van der Waals surface area contributed by atoms with E-state index in [4.69, 9.17) is 4.74 Å². The summed E-state index contributed by atoms with van der Waals surface area (Å²) in [4.78, 5) is 23.5. The molecule has 0 radical (unpaired) electrons. The number of carbonyl (C=O) groups is 2. The van der Waals surface area contributed by atoms with Crippen LogP contribution in [-0.4, -0.2) is 39.2 Å². The Bertz CT molecular complexity index is 651. The minimum absolute atomic E-state index is 0.0941. The van der Waals surface area contributed by atoms with Gasteiger partial charge in [-0.25, -0.2) is 13.2 Å². The zero-order chi connectivity index (χ0) is 16.0. The van der Waals surface area contributed by atoms with Gasteiger partial charge in [0, 0.05) is 12.8 Å². The molecule has 0 bridgehead atoms. The Balaban J connectivity index is 2.91. The first-order valence-electron chi connectivity index (χ1n) is 6.16. The molecule has 21 heavy (non-hydrogen) atoms. The summed E-state index contributed by atoms with van der Waals surface area (Å²) >= 11 is 0. The SMILES string of the molecule is C=CCNC(=O)[C@H](C)OC(=O)c1ccccc1S(C)(=O)=O. The second-order valence-electron chi connectivity index (χ2n) is 4.35. The lowest BCUT2D eigenvalue weighted by molar-refractivity contribution is -0.128. The van der Waals surface area contributed by atoms with Crippen LogP contribution in [0, 0.1) is 0 Å². The first-order chi connectivity index (χ1) is 9.77. The molecule has 1 amide bonds. The van der Waals surface area contributed by atoms with Crippen LogP contribution < -0.4 is 5.32 Å². The number of esters is 1. The number of benzene rings is 1. The van der Waals surface area contributed by atoms with E-state index < -0.39 is 27.8 Å². The van der Waals surface area contributed by atoms with Gasteiger partial charge in [-0.1, -0.05) is 18.2 Å². The van der Waals surface area contributed by atoms with Gasteiger partial charge in [0.05, 0.1) is 10.5 Å². The third kappa shape index (κ3) is 4.71. The van der Waals surface area contributed by atoms with E-state index in [9.17, 15) is 18.0 Å². The van der Waals surface area contributed by atoms with Gasteiger partial charge in [0.15, 0.2) is 15.9 Å². The molecule has 114 valence electrons. The third-order valence-electron chi connectivity index (χ3n) is 2.58. The Labute approximate surface area is 123 Å². The van der Waals surface area contributed by atoms with Gasteiger partial charge in [-0.3, -0.25) is 4.79 Å². The van der Waals surface area contributed by atoms with Crippen LogP contribution in [0.1, 0.15) is 17.3 Å². The van der Waals surface area contributed by atoms with E-state index in [0.717, 1.165) is 6.26 Å². The number of nitrogens with one attached hydrogen (secondary N) is 1. The van der Waals surface area contributed by atoms with Crippen molar-refractivity contribution >= 4 is 21.7 Å². The number of hydrogen-bond acceptors (Lipinski definition) is 5. The van der Waals surface area contributed by atoms with E-state index in [-0.39, 0.29) is 17.0 Å². The van der Waals surface area contributed by atoms with E-state index in [1.54, 1.807) is 0 Å². The Morgan fingerprint density at radius 1 is 1.38 bits per heavy atom. The van der Waals surface area contributed by atoms with Crippen LogP contribution >= 0.6 is 0 Å². The van der Waals surface area contributed by atoms with E-state index >= 15 is 0 Å². The summed E-state index contributed by atoms with van der Waals surface area (Å²) in [6, 6.07) is 5.68. The van der Waals surface area contributed by atoms with Crippen LogP contribution in [0.3, 0.4) is 0 Å². The smallest absolute Gasteiger partial charge is 0.340 e. The number of rotatable bonds is 6. The summed E-state index contributed by atoms with van der Waals surface area (Å²) in [6.07, 6.45) is 1.45. The molecular weight excluding hydrogens is 294 g/mol. The third-order valence-corrected chi connectivity index (χ3v) is 3.74. The number of amides is 1. The Morgan fingerprint density at radius 3 is 2.57 bits per heavy atom. The van der Waals surface area contributed by atoms with Gasteiger partial charge < -0.3 is 10.1 Å².